The second-order valence-electron chi connectivity index (χ2n) is 9.78. The lowest BCUT2D eigenvalue weighted by molar-refractivity contribution is -0.117. The Bertz CT molecular complexity index is 839. The molecular formula is C23H31Cl2N3OS. The van der Waals surface area contributed by atoms with Crippen LogP contribution in [0.2, 0.25) is 5.02 Å². The van der Waals surface area contributed by atoms with Gasteiger partial charge in [-0.05, 0) is 80.9 Å². The SMILES string of the molecule is CC(=O)N(c1ccc(C)cc1Cl)C1CSC(=NC23CC4CC(CC(C4)C2)C3)N1C.Cl. The molecule has 0 radical (unpaired) electrons. The first-order chi connectivity index (χ1) is 13.8. The van der Waals surface area contributed by atoms with E-state index in [0.717, 1.165) is 39.9 Å². The van der Waals surface area contributed by atoms with Crippen LogP contribution < -0.4 is 4.90 Å². The van der Waals surface area contributed by atoms with Crippen LogP contribution in [0.5, 0.6) is 0 Å². The van der Waals surface area contributed by atoms with Gasteiger partial charge in [0.1, 0.15) is 6.17 Å². The van der Waals surface area contributed by atoms with Crippen molar-refractivity contribution in [1.82, 2.24) is 4.90 Å². The number of aliphatic imine (C=N–C) groups is 1. The minimum atomic E-state index is -0.0506. The van der Waals surface area contributed by atoms with Gasteiger partial charge in [-0.3, -0.25) is 14.7 Å². The van der Waals surface area contributed by atoms with Crippen molar-refractivity contribution in [3.8, 4) is 0 Å². The van der Waals surface area contributed by atoms with Crippen LogP contribution in [-0.2, 0) is 4.79 Å². The van der Waals surface area contributed by atoms with Crippen LogP contribution in [0.4, 0.5) is 5.69 Å². The normalized spacial score (nSPS) is 35.6. The molecule has 1 saturated heterocycles. The lowest BCUT2D eigenvalue weighted by Gasteiger charge is -2.55. The first-order valence-corrected chi connectivity index (χ1v) is 12.2. The largest absolute Gasteiger partial charge is 0.333 e. The van der Waals surface area contributed by atoms with E-state index in [9.17, 15) is 4.79 Å². The summed E-state index contributed by atoms with van der Waals surface area (Å²) in [7, 11) is 2.09. The molecule has 4 saturated carbocycles. The molecule has 4 nitrogen and oxygen atoms in total. The number of carbonyl (C=O) groups is 1. The Kier molecular flexibility index (Phi) is 6.10. The molecule has 6 rings (SSSR count). The standard InChI is InChI=1S/C23H30ClN3OS.ClH/c1-14-4-5-20(19(24)6-14)27(15(2)28)21-13-29-22(26(21)3)25-23-10-16-7-17(11-23)9-18(8-16)12-23;/h4-6,16-18,21H,7-13H2,1-3H3;1H. The third kappa shape index (κ3) is 3.86. The number of benzene rings is 1. The second-order valence-corrected chi connectivity index (χ2v) is 11.2. The molecule has 1 aromatic rings. The van der Waals surface area contributed by atoms with Gasteiger partial charge in [-0.25, -0.2) is 0 Å². The minimum Gasteiger partial charge on any atom is -0.333 e. The van der Waals surface area contributed by atoms with Crippen LogP contribution in [0.25, 0.3) is 0 Å². The third-order valence-electron chi connectivity index (χ3n) is 7.45. The van der Waals surface area contributed by atoms with Crippen molar-refractivity contribution in [3.05, 3.63) is 28.8 Å². The van der Waals surface area contributed by atoms with Crippen molar-refractivity contribution >= 4 is 52.5 Å². The fraction of sp³-hybridized carbons (Fsp3) is 0.652. The topological polar surface area (TPSA) is 35.9 Å². The number of hydrogen-bond donors (Lipinski definition) is 0. The summed E-state index contributed by atoms with van der Waals surface area (Å²) in [6.45, 7) is 3.64. The average molecular weight is 468 g/mol. The van der Waals surface area contributed by atoms with Crippen molar-refractivity contribution in [2.45, 2.75) is 64.1 Å². The Morgan fingerprint density at radius 3 is 2.33 bits per heavy atom. The van der Waals surface area contributed by atoms with Gasteiger partial charge >= 0.3 is 0 Å². The van der Waals surface area contributed by atoms with E-state index in [1.165, 1.54) is 38.5 Å². The van der Waals surface area contributed by atoms with Gasteiger partial charge in [0.2, 0.25) is 5.91 Å². The summed E-state index contributed by atoms with van der Waals surface area (Å²) < 4.78 is 0. The van der Waals surface area contributed by atoms with Crippen LogP contribution in [0.1, 0.15) is 51.0 Å². The van der Waals surface area contributed by atoms with E-state index >= 15 is 0 Å². The van der Waals surface area contributed by atoms with E-state index in [-0.39, 0.29) is 30.0 Å². The van der Waals surface area contributed by atoms with Gasteiger partial charge in [0, 0.05) is 19.7 Å². The van der Waals surface area contributed by atoms with Gasteiger partial charge < -0.3 is 4.90 Å². The fourth-order valence-corrected chi connectivity index (χ4v) is 8.18. The van der Waals surface area contributed by atoms with Crippen LogP contribution in [0.3, 0.4) is 0 Å². The maximum absolute atomic E-state index is 12.6. The van der Waals surface area contributed by atoms with Crippen LogP contribution in [-0.4, -0.2) is 40.5 Å². The molecule has 0 aromatic heterocycles. The Balaban J connectivity index is 0.00000218. The first-order valence-electron chi connectivity index (χ1n) is 10.8. The molecule has 164 valence electrons. The first kappa shape index (κ1) is 22.3. The molecule has 1 amide bonds. The van der Waals surface area contributed by atoms with E-state index in [2.05, 4.69) is 11.9 Å². The Morgan fingerprint density at radius 1 is 1.20 bits per heavy atom. The zero-order valence-corrected chi connectivity index (χ0v) is 20.3. The highest BCUT2D eigenvalue weighted by Crippen LogP contribution is 2.57. The highest BCUT2D eigenvalue weighted by molar-refractivity contribution is 8.14. The maximum Gasteiger partial charge on any atom is 0.225 e. The molecule has 30 heavy (non-hydrogen) atoms. The number of aryl methyl sites for hydroxylation is 1. The Hall–Kier alpha value is -0.910. The predicted octanol–water partition coefficient (Wildman–Crippen LogP) is 5.75. The molecule has 1 heterocycles. The molecular weight excluding hydrogens is 437 g/mol. The number of carbonyl (C=O) groups excluding carboxylic acids is 1. The average Bonchev–Trinajstić information content (AvgIpc) is 2.96. The number of anilines is 1. The summed E-state index contributed by atoms with van der Waals surface area (Å²) in [6.07, 6.45) is 8.04. The van der Waals surface area contributed by atoms with E-state index in [4.69, 9.17) is 16.6 Å². The lowest BCUT2D eigenvalue weighted by atomic mass is 9.53. The lowest BCUT2D eigenvalue weighted by Crippen LogP contribution is -2.51. The molecule has 1 aliphatic heterocycles. The van der Waals surface area contributed by atoms with E-state index < -0.39 is 0 Å². The molecule has 4 aliphatic carbocycles. The Morgan fingerprint density at radius 2 is 1.80 bits per heavy atom. The zero-order chi connectivity index (χ0) is 20.3. The molecule has 1 aromatic carbocycles. The van der Waals surface area contributed by atoms with Gasteiger partial charge in [-0.1, -0.05) is 29.4 Å². The van der Waals surface area contributed by atoms with Gasteiger partial charge in [-0.15, -0.1) is 12.4 Å². The Labute approximate surface area is 195 Å². The number of halogens is 2. The van der Waals surface area contributed by atoms with Crippen molar-refractivity contribution in [3.63, 3.8) is 0 Å². The van der Waals surface area contributed by atoms with Gasteiger partial charge in [0.25, 0.3) is 0 Å². The fourth-order valence-electron chi connectivity index (χ4n) is 6.60. The third-order valence-corrected chi connectivity index (χ3v) is 8.85. The van der Waals surface area contributed by atoms with Crippen LogP contribution >= 0.6 is 35.8 Å². The minimum absolute atomic E-state index is 0. The molecule has 0 spiro atoms. The molecule has 0 N–H and O–H groups in total. The number of nitrogens with zero attached hydrogens (tertiary/aromatic N) is 3. The second kappa shape index (κ2) is 8.22. The summed E-state index contributed by atoms with van der Waals surface area (Å²) >= 11 is 8.32. The molecule has 1 atom stereocenters. The van der Waals surface area contributed by atoms with Gasteiger partial charge in [0.05, 0.1) is 16.2 Å². The predicted molar refractivity (Wildman–Crippen MR) is 129 cm³/mol. The van der Waals surface area contributed by atoms with Crippen LogP contribution in [0, 0.1) is 24.7 Å². The molecule has 7 heteroatoms. The summed E-state index contributed by atoms with van der Waals surface area (Å²) in [5.74, 6) is 3.50. The van der Waals surface area contributed by atoms with E-state index in [1.54, 1.807) is 18.7 Å². The molecule has 5 fully saturated rings. The van der Waals surface area contributed by atoms with Gasteiger partial charge in [0.15, 0.2) is 5.17 Å². The van der Waals surface area contributed by atoms with E-state index in [0.29, 0.717) is 5.02 Å². The summed E-state index contributed by atoms with van der Waals surface area (Å²) in [6, 6.07) is 5.91. The number of amides is 1. The zero-order valence-electron chi connectivity index (χ0n) is 17.9. The number of amidine groups is 1. The van der Waals surface area contributed by atoms with Crippen LogP contribution in [0.15, 0.2) is 23.2 Å². The quantitative estimate of drug-likeness (QED) is 0.567. The molecule has 4 bridgehead atoms. The van der Waals surface area contributed by atoms with Crippen molar-refractivity contribution < 1.29 is 4.79 Å². The maximum atomic E-state index is 12.6. The summed E-state index contributed by atoms with van der Waals surface area (Å²) in [4.78, 5) is 22.1. The van der Waals surface area contributed by atoms with Gasteiger partial charge in [-0.2, -0.15) is 0 Å². The molecule has 5 aliphatic rings. The summed E-state index contributed by atoms with van der Waals surface area (Å²) in [5, 5.41) is 1.73. The highest BCUT2D eigenvalue weighted by Gasteiger charge is 2.51. The smallest absolute Gasteiger partial charge is 0.225 e. The number of rotatable bonds is 3. The van der Waals surface area contributed by atoms with Crippen molar-refractivity contribution in [2.75, 3.05) is 17.7 Å². The highest BCUT2D eigenvalue weighted by atomic mass is 35.5. The van der Waals surface area contributed by atoms with E-state index in [1.807, 2.05) is 30.0 Å². The monoisotopic (exact) mass is 467 g/mol. The molecule has 1 unspecified atom stereocenters. The summed E-state index contributed by atoms with van der Waals surface area (Å²) in [5.41, 5.74) is 2.04. The number of thioether (sulfide) groups is 1. The number of hydrogen-bond acceptors (Lipinski definition) is 3. The van der Waals surface area contributed by atoms with Crippen molar-refractivity contribution in [2.24, 2.45) is 22.7 Å². The van der Waals surface area contributed by atoms with Crippen molar-refractivity contribution in [1.29, 1.82) is 0 Å².